The average Bonchev–Trinajstić information content (AvgIpc) is 2.37. The van der Waals surface area contributed by atoms with Gasteiger partial charge in [0.05, 0.1) is 4.92 Å². The van der Waals surface area contributed by atoms with Crippen molar-refractivity contribution in [1.29, 1.82) is 0 Å². The second-order valence-corrected chi connectivity index (χ2v) is 5.60. The van der Waals surface area contributed by atoms with E-state index in [9.17, 15) is 10.1 Å². The Bertz CT molecular complexity index is 433. The highest BCUT2D eigenvalue weighted by molar-refractivity contribution is 5.55. The highest BCUT2D eigenvalue weighted by Gasteiger charge is 2.14. The van der Waals surface area contributed by atoms with Crippen molar-refractivity contribution in [3.05, 3.63) is 27.9 Å². The number of aromatic nitrogens is 1. The zero-order chi connectivity index (χ0) is 15.0. The van der Waals surface area contributed by atoms with Crippen LogP contribution in [0.3, 0.4) is 0 Å². The van der Waals surface area contributed by atoms with Gasteiger partial charge in [0.25, 0.3) is 0 Å². The van der Waals surface area contributed by atoms with Gasteiger partial charge in [-0.1, -0.05) is 39.5 Å². The van der Waals surface area contributed by atoms with E-state index in [0.29, 0.717) is 5.82 Å². The number of hydrogen-bond donors (Lipinski definition) is 1. The maximum atomic E-state index is 10.9. The third-order valence-corrected chi connectivity index (χ3v) is 3.21. The molecular formula is C15H25N3O2. The molecule has 1 N–H and O–H groups in total. The first-order valence-corrected chi connectivity index (χ1v) is 7.36. The van der Waals surface area contributed by atoms with Gasteiger partial charge in [-0.2, -0.15) is 0 Å². The number of hydrogen-bond acceptors (Lipinski definition) is 4. The van der Waals surface area contributed by atoms with Gasteiger partial charge in [0.2, 0.25) is 5.82 Å². The van der Waals surface area contributed by atoms with Crippen LogP contribution in [-0.2, 0) is 0 Å². The first-order valence-electron chi connectivity index (χ1n) is 7.36. The number of rotatable bonds is 9. The van der Waals surface area contributed by atoms with Gasteiger partial charge in [-0.3, -0.25) is 10.1 Å². The standard InChI is InChI=1S/C15H25N3O2/c1-12(2)8-6-4-5-7-11-16-15-14(18(19)20)10-9-13(3)17-15/h9-10,12H,4-8,11H2,1-3H3,(H,16,17). The fraction of sp³-hybridized carbons (Fsp3) is 0.667. The third kappa shape index (κ3) is 5.99. The third-order valence-electron chi connectivity index (χ3n) is 3.21. The quantitative estimate of drug-likeness (QED) is 0.415. The summed E-state index contributed by atoms with van der Waals surface area (Å²) < 4.78 is 0. The summed E-state index contributed by atoms with van der Waals surface area (Å²) in [4.78, 5) is 14.7. The second-order valence-electron chi connectivity index (χ2n) is 5.60. The molecule has 0 bridgehead atoms. The van der Waals surface area contributed by atoms with Crippen molar-refractivity contribution >= 4 is 11.5 Å². The monoisotopic (exact) mass is 279 g/mol. The number of nitrogens with one attached hydrogen (secondary N) is 1. The molecule has 0 saturated heterocycles. The molecule has 0 saturated carbocycles. The Morgan fingerprint density at radius 3 is 2.60 bits per heavy atom. The van der Waals surface area contributed by atoms with E-state index < -0.39 is 4.92 Å². The summed E-state index contributed by atoms with van der Waals surface area (Å²) in [5.41, 5.74) is 0.838. The van der Waals surface area contributed by atoms with Crippen molar-refractivity contribution in [2.75, 3.05) is 11.9 Å². The molecule has 0 spiro atoms. The molecule has 0 aliphatic heterocycles. The molecule has 5 heteroatoms. The van der Waals surface area contributed by atoms with Crippen molar-refractivity contribution < 1.29 is 4.92 Å². The smallest absolute Gasteiger partial charge is 0.311 e. The highest BCUT2D eigenvalue weighted by Crippen LogP contribution is 2.21. The molecule has 1 rings (SSSR count). The zero-order valence-electron chi connectivity index (χ0n) is 12.7. The topological polar surface area (TPSA) is 68.1 Å². The molecule has 1 aromatic rings. The van der Waals surface area contributed by atoms with E-state index in [4.69, 9.17) is 0 Å². The van der Waals surface area contributed by atoms with Gasteiger partial charge >= 0.3 is 5.69 Å². The number of pyridine rings is 1. The maximum Gasteiger partial charge on any atom is 0.311 e. The van der Waals surface area contributed by atoms with Crippen LogP contribution in [0.25, 0.3) is 0 Å². The molecule has 1 heterocycles. The predicted octanol–water partition coefficient (Wildman–Crippen LogP) is 4.32. The molecular weight excluding hydrogens is 254 g/mol. The van der Waals surface area contributed by atoms with Gasteiger partial charge in [0, 0.05) is 18.3 Å². The molecule has 0 aliphatic carbocycles. The van der Waals surface area contributed by atoms with Crippen LogP contribution in [0, 0.1) is 23.0 Å². The van der Waals surface area contributed by atoms with Gasteiger partial charge < -0.3 is 5.32 Å². The number of aryl methyl sites for hydroxylation is 1. The minimum absolute atomic E-state index is 0.0513. The molecule has 112 valence electrons. The largest absolute Gasteiger partial charge is 0.364 e. The fourth-order valence-corrected chi connectivity index (χ4v) is 2.06. The Balaban J connectivity index is 2.31. The molecule has 0 atom stereocenters. The SMILES string of the molecule is Cc1ccc([N+](=O)[O-])c(NCCCCCCC(C)C)n1. The Morgan fingerprint density at radius 2 is 1.95 bits per heavy atom. The van der Waals surface area contributed by atoms with Crippen LogP contribution >= 0.6 is 0 Å². The van der Waals surface area contributed by atoms with Crippen LogP contribution in [0.4, 0.5) is 11.5 Å². The lowest BCUT2D eigenvalue weighted by molar-refractivity contribution is -0.384. The Labute approximate surface area is 121 Å². The van der Waals surface area contributed by atoms with Crippen molar-refractivity contribution in [2.24, 2.45) is 5.92 Å². The molecule has 0 aromatic carbocycles. The summed E-state index contributed by atoms with van der Waals surface area (Å²) in [6.07, 6.45) is 5.94. The van der Waals surface area contributed by atoms with Crippen molar-refractivity contribution in [1.82, 2.24) is 4.98 Å². The van der Waals surface area contributed by atoms with E-state index in [0.717, 1.165) is 31.0 Å². The van der Waals surface area contributed by atoms with Crippen LogP contribution in [-0.4, -0.2) is 16.5 Å². The summed E-state index contributed by atoms with van der Waals surface area (Å²) in [6.45, 7) is 7.05. The first-order chi connectivity index (χ1) is 9.50. The van der Waals surface area contributed by atoms with E-state index in [1.807, 2.05) is 6.92 Å². The van der Waals surface area contributed by atoms with E-state index in [1.165, 1.54) is 25.3 Å². The fourth-order valence-electron chi connectivity index (χ4n) is 2.06. The predicted molar refractivity (Wildman–Crippen MR) is 82.0 cm³/mol. The van der Waals surface area contributed by atoms with E-state index in [1.54, 1.807) is 6.07 Å². The number of unbranched alkanes of at least 4 members (excludes halogenated alkanes) is 3. The Hall–Kier alpha value is -1.65. The molecule has 5 nitrogen and oxygen atoms in total. The van der Waals surface area contributed by atoms with E-state index in [2.05, 4.69) is 24.1 Å². The molecule has 0 unspecified atom stereocenters. The summed E-state index contributed by atoms with van der Waals surface area (Å²) in [5, 5.41) is 14.0. The Kier molecular flexibility index (Phi) is 6.98. The van der Waals surface area contributed by atoms with Gasteiger partial charge in [-0.05, 0) is 25.3 Å². The van der Waals surface area contributed by atoms with Gasteiger partial charge in [-0.25, -0.2) is 4.98 Å². The van der Waals surface area contributed by atoms with Crippen molar-refractivity contribution in [3.8, 4) is 0 Å². The van der Waals surface area contributed by atoms with Crippen LogP contribution in [0.15, 0.2) is 12.1 Å². The lowest BCUT2D eigenvalue weighted by Gasteiger charge is -2.07. The van der Waals surface area contributed by atoms with Crippen LogP contribution in [0.5, 0.6) is 0 Å². The zero-order valence-corrected chi connectivity index (χ0v) is 12.7. The number of nitro groups is 1. The van der Waals surface area contributed by atoms with Gasteiger partial charge in [-0.15, -0.1) is 0 Å². The average molecular weight is 279 g/mol. The van der Waals surface area contributed by atoms with Gasteiger partial charge in [0.1, 0.15) is 0 Å². The van der Waals surface area contributed by atoms with Crippen LogP contribution in [0.2, 0.25) is 0 Å². The minimum Gasteiger partial charge on any atom is -0.364 e. The lowest BCUT2D eigenvalue weighted by atomic mass is 10.0. The summed E-state index contributed by atoms with van der Waals surface area (Å²) in [7, 11) is 0. The molecule has 0 amide bonds. The molecule has 1 aromatic heterocycles. The van der Waals surface area contributed by atoms with E-state index in [-0.39, 0.29) is 5.69 Å². The summed E-state index contributed by atoms with van der Waals surface area (Å²) in [5.74, 6) is 1.16. The maximum absolute atomic E-state index is 10.9. The minimum atomic E-state index is -0.391. The molecule has 0 radical (unpaired) electrons. The lowest BCUT2D eigenvalue weighted by Crippen LogP contribution is -2.07. The van der Waals surface area contributed by atoms with Crippen LogP contribution < -0.4 is 5.32 Å². The molecule has 20 heavy (non-hydrogen) atoms. The van der Waals surface area contributed by atoms with Crippen molar-refractivity contribution in [2.45, 2.75) is 52.9 Å². The number of anilines is 1. The summed E-state index contributed by atoms with van der Waals surface area (Å²) in [6, 6.07) is 3.17. The summed E-state index contributed by atoms with van der Waals surface area (Å²) >= 11 is 0. The highest BCUT2D eigenvalue weighted by atomic mass is 16.6. The van der Waals surface area contributed by atoms with Crippen LogP contribution in [0.1, 0.15) is 51.6 Å². The number of nitrogens with zero attached hydrogens (tertiary/aromatic N) is 2. The normalized spacial score (nSPS) is 10.8. The van der Waals surface area contributed by atoms with E-state index >= 15 is 0 Å². The molecule has 0 aliphatic rings. The second kappa shape index (κ2) is 8.51. The van der Waals surface area contributed by atoms with Crippen molar-refractivity contribution in [3.63, 3.8) is 0 Å². The molecule has 0 fully saturated rings. The first kappa shape index (κ1) is 16.4. The Morgan fingerprint density at radius 1 is 1.25 bits per heavy atom. The van der Waals surface area contributed by atoms with Gasteiger partial charge in [0.15, 0.2) is 0 Å².